The van der Waals surface area contributed by atoms with E-state index in [1.165, 1.54) is 5.56 Å². The van der Waals surface area contributed by atoms with Gasteiger partial charge in [-0.2, -0.15) is 5.26 Å². The highest BCUT2D eigenvalue weighted by molar-refractivity contribution is 5.87. The van der Waals surface area contributed by atoms with Gasteiger partial charge in [0.25, 0.3) is 0 Å². The molecule has 0 spiro atoms. The van der Waals surface area contributed by atoms with Crippen molar-refractivity contribution in [2.75, 3.05) is 46.4 Å². The minimum atomic E-state index is -1.10. The lowest BCUT2D eigenvalue weighted by Crippen LogP contribution is -2.66. The molecule has 2 heterocycles. The van der Waals surface area contributed by atoms with Gasteiger partial charge in [-0.3, -0.25) is 9.69 Å². The Balaban J connectivity index is 1.22. The monoisotopic (exact) mass is 516 g/mol. The molecule has 0 bridgehead atoms. The highest BCUT2D eigenvalue weighted by atomic mass is 16.5. The number of benzene rings is 2. The SMILES string of the molecule is CN1CCN(C2(c3ccc(-c4ccc(C[C@H](C#N)NC(=O)[C@@]5(N)CCCCC5N)cc4)cc3)COC2)CC1. The Bertz CT molecular complexity index is 1150. The quantitative estimate of drug-likeness (QED) is 0.515. The molecule has 3 atom stereocenters. The molecule has 2 aromatic carbocycles. The van der Waals surface area contributed by atoms with Crippen molar-refractivity contribution in [1.82, 2.24) is 15.1 Å². The van der Waals surface area contributed by atoms with E-state index in [1.54, 1.807) is 0 Å². The number of nitrogens with one attached hydrogen (secondary N) is 1. The van der Waals surface area contributed by atoms with Crippen molar-refractivity contribution < 1.29 is 9.53 Å². The maximum Gasteiger partial charge on any atom is 0.242 e. The van der Waals surface area contributed by atoms with E-state index < -0.39 is 11.6 Å². The third kappa shape index (κ3) is 5.22. The summed E-state index contributed by atoms with van der Waals surface area (Å²) in [5, 5.41) is 12.5. The van der Waals surface area contributed by atoms with Crippen molar-refractivity contribution in [3.05, 3.63) is 59.7 Å². The van der Waals surface area contributed by atoms with Gasteiger partial charge in [0, 0.05) is 38.6 Å². The Morgan fingerprint density at radius 1 is 1.08 bits per heavy atom. The highest BCUT2D eigenvalue weighted by Crippen LogP contribution is 2.37. The molecule has 202 valence electrons. The summed E-state index contributed by atoms with van der Waals surface area (Å²) in [6, 6.07) is 18.2. The second-order valence-corrected chi connectivity index (χ2v) is 11.3. The third-order valence-corrected chi connectivity index (χ3v) is 8.84. The number of ether oxygens (including phenoxy) is 1. The zero-order valence-electron chi connectivity index (χ0n) is 22.4. The first-order valence-electron chi connectivity index (χ1n) is 13.8. The van der Waals surface area contributed by atoms with Crippen LogP contribution in [0.15, 0.2) is 48.5 Å². The van der Waals surface area contributed by atoms with Crippen molar-refractivity contribution in [3.8, 4) is 17.2 Å². The van der Waals surface area contributed by atoms with Crippen molar-refractivity contribution in [2.24, 2.45) is 11.5 Å². The molecule has 1 amide bonds. The van der Waals surface area contributed by atoms with E-state index >= 15 is 0 Å². The van der Waals surface area contributed by atoms with Crippen LogP contribution < -0.4 is 16.8 Å². The van der Waals surface area contributed by atoms with E-state index in [-0.39, 0.29) is 17.5 Å². The second kappa shape index (κ2) is 11.1. The number of carbonyl (C=O) groups excluding carboxylic acids is 1. The van der Waals surface area contributed by atoms with Gasteiger partial charge in [0.15, 0.2) is 0 Å². The Labute approximate surface area is 225 Å². The van der Waals surface area contributed by atoms with Crippen LogP contribution in [0.2, 0.25) is 0 Å². The van der Waals surface area contributed by atoms with Gasteiger partial charge < -0.3 is 26.4 Å². The zero-order valence-corrected chi connectivity index (χ0v) is 22.4. The number of hydrogen-bond donors (Lipinski definition) is 3. The normalized spacial score (nSPS) is 26.6. The average Bonchev–Trinajstić information content (AvgIpc) is 2.91. The maximum absolute atomic E-state index is 12.9. The molecule has 0 radical (unpaired) electrons. The Morgan fingerprint density at radius 2 is 1.71 bits per heavy atom. The number of carbonyl (C=O) groups is 1. The molecular formula is C30H40N6O2. The van der Waals surface area contributed by atoms with E-state index in [2.05, 4.69) is 64.6 Å². The summed E-state index contributed by atoms with van der Waals surface area (Å²) in [5.41, 5.74) is 16.0. The molecule has 0 aromatic heterocycles. The van der Waals surface area contributed by atoms with Gasteiger partial charge in [-0.25, -0.2) is 0 Å². The molecule has 8 heteroatoms. The fourth-order valence-electron chi connectivity index (χ4n) is 6.03. The number of nitrogens with zero attached hydrogens (tertiary/aromatic N) is 3. The van der Waals surface area contributed by atoms with Crippen molar-refractivity contribution in [2.45, 2.75) is 55.3 Å². The third-order valence-electron chi connectivity index (χ3n) is 8.84. The lowest BCUT2D eigenvalue weighted by Gasteiger charge is -2.52. The molecule has 1 aliphatic carbocycles. The lowest BCUT2D eigenvalue weighted by atomic mass is 9.77. The molecule has 5 N–H and O–H groups in total. The summed E-state index contributed by atoms with van der Waals surface area (Å²) in [4.78, 5) is 17.8. The number of rotatable bonds is 7. The van der Waals surface area contributed by atoms with Gasteiger partial charge in [-0.05, 0) is 42.1 Å². The molecule has 2 aromatic rings. The van der Waals surface area contributed by atoms with Crippen LogP contribution in [0.4, 0.5) is 0 Å². The van der Waals surface area contributed by atoms with E-state index in [9.17, 15) is 10.1 Å². The van der Waals surface area contributed by atoms with Gasteiger partial charge >= 0.3 is 0 Å². The number of likely N-dealkylation sites (N-methyl/N-ethyl adjacent to an activating group) is 1. The number of nitrogens with two attached hydrogens (primary N) is 2. The Hall–Kier alpha value is -2.80. The lowest BCUT2D eigenvalue weighted by molar-refractivity contribution is -0.155. The van der Waals surface area contributed by atoms with Gasteiger partial charge in [0.1, 0.15) is 11.6 Å². The molecule has 2 aliphatic heterocycles. The largest absolute Gasteiger partial charge is 0.377 e. The number of hydrogen-bond acceptors (Lipinski definition) is 7. The van der Waals surface area contributed by atoms with Crippen LogP contribution in [-0.4, -0.2) is 79.8 Å². The fourth-order valence-corrected chi connectivity index (χ4v) is 6.03. The summed E-state index contributed by atoms with van der Waals surface area (Å²) in [5.74, 6) is -0.320. The zero-order chi connectivity index (χ0) is 26.8. The minimum Gasteiger partial charge on any atom is -0.377 e. The molecular weight excluding hydrogens is 476 g/mol. The van der Waals surface area contributed by atoms with Crippen LogP contribution in [-0.2, 0) is 21.5 Å². The van der Waals surface area contributed by atoms with Crippen LogP contribution in [0, 0.1) is 11.3 Å². The predicted octanol–water partition coefficient (Wildman–Crippen LogP) is 1.98. The van der Waals surface area contributed by atoms with E-state index in [4.69, 9.17) is 16.2 Å². The number of nitriles is 1. The standard InChI is InChI=1S/C30H40N6O2/c1-35-14-16-36(17-15-35)29(20-38-21-29)25-11-9-24(10-12-25)23-7-5-22(6-8-23)18-26(19-31)34-28(37)30(33)13-3-2-4-27(30)32/h5-12,26-27H,2-4,13-18,20-21,32-33H2,1H3,(H,34,37)/t26-,27?,30-/m1/s1. The average molecular weight is 517 g/mol. The van der Waals surface area contributed by atoms with Gasteiger partial charge in [0.05, 0.1) is 24.8 Å². The van der Waals surface area contributed by atoms with Crippen LogP contribution in [0.3, 0.4) is 0 Å². The summed E-state index contributed by atoms with van der Waals surface area (Å²) < 4.78 is 5.69. The van der Waals surface area contributed by atoms with Crippen LogP contribution in [0.5, 0.6) is 0 Å². The van der Waals surface area contributed by atoms with E-state index in [0.717, 1.165) is 75.3 Å². The van der Waals surface area contributed by atoms with Gasteiger partial charge in [-0.15, -0.1) is 0 Å². The molecule has 5 rings (SSSR count). The first-order valence-corrected chi connectivity index (χ1v) is 13.8. The van der Waals surface area contributed by atoms with Gasteiger partial charge in [0.2, 0.25) is 5.91 Å². The summed E-state index contributed by atoms with van der Waals surface area (Å²) in [6.07, 6.45) is 3.56. The minimum absolute atomic E-state index is 0.00988. The molecule has 8 nitrogen and oxygen atoms in total. The maximum atomic E-state index is 12.9. The fraction of sp³-hybridized carbons (Fsp3) is 0.533. The molecule has 1 saturated carbocycles. The summed E-state index contributed by atoms with van der Waals surface area (Å²) >= 11 is 0. The topological polar surface area (TPSA) is 121 Å². The predicted molar refractivity (Wildman–Crippen MR) is 148 cm³/mol. The first-order chi connectivity index (χ1) is 18.3. The molecule has 2 saturated heterocycles. The van der Waals surface area contributed by atoms with E-state index in [1.807, 2.05) is 12.1 Å². The second-order valence-electron chi connectivity index (χ2n) is 11.3. The smallest absolute Gasteiger partial charge is 0.242 e. The summed E-state index contributed by atoms with van der Waals surface area (Å²) in [6.45, 7) is 5.79. The van der Waals surface area contributed by atoms with Crippen molar-refractivity contribution in [3.63, 3.8) is 0 Å². The van der Waals surface area contributed by atoms with Crippen molar-refractivity contribution in [1.29, 1.82) is 5.26 Å². The van der Waals surface area contributed by atoms with Crippen LogP contribution >= 0.6 is 0 Å². The Morgan fingerprint density at radius 3 is 2.26 bits per heavy atom. The van der Waals surface area contributed by atoms with Crippen molar-refractivity contribution >= 4 is 5.91 Å². The number of amides is 1. The molecule has 3 fully saturated rings. The highest BCUT2D eigenvalue weighted by Gasteiger charge is 2.46. The number of piperazine rings is 1. The van der Waals surface area contributed by atoms with E-state index in [0.29, 0.717) is 12.8 Å². The summed E-state index contributed by atoms with van der Waals surface area (Å²) in [7, 11) is 2.18. The van der Waals surface area contributed by atoms with Crippen LogP contribution in [0.25, 0.3) is 11.1 Å². The molecule has 38 heavy (non-hydrogen) atoms. The molecule has 3 aliphatic rings. The molecule has 1 unspecified atom stereocenters. The first kappa shape index (κ1) is 26.8. The van der Waals surface area contributed by atoms with Gasteiger partial charge in [-0.1, -0.05) is 61.4 Å². The Kier molecular flexibility index (Phi) is 7.85. The van der Waals surface area contributed by atoms with Crippen LogP contribution in [0.1, 0.15) is 36.8 Å².